The van der Waals surface area contributed by atoms with Gasteiger partial charge in [-0.3, -0.25) is 0 Å². The molecule has 0 amide bonds. The lowest BCUT2D eigenvalue weighted by Crippen LogP contribution is -2.11. The number of anilines is 1. The van der Waals surface area contributed by atoms with E-state index >= 15 is 0 Å². The van der Waals surface area contributed by atoms with Crippen LogP contribution in [-0.2, 0) is 6.42 Å². The number of nitrogens with zero attached hydrogens (tertiary/aromatic N) is 2. The van der Waals surface area contributed by atoms with E-state index in [0.717, 1.165) is 23.0 Å². The zero-order valence-corrected chi connectivity index (χ0v) is 11.9. The Hall–Kier alpha value is -2.47. The number of nitrogens with one attached hydrogen (secondary N) is 1. The van der Waals surface area contributed by atoms with E-state index in [0.29, 0.717) is 12.4 Å². The summed E-state index contributed by atoms with van der Waals surface area (Å²) in [7, 11) is 0. The summed E-state index contributed by atoms with van der Waals surface area (Å²) in [6.07, 6.45) is 0.733. The molecule has 3 aromatic rings. The van der Waals surface area contributed by atoms with Gasteiger partial charge in [-0.15, -0.1) is 11.3 Å². The molecule has 0 spiro atoms. The van der Waals surface area contributed by atoms with Crippen LogP contribution in [0.25, 0.3) is 10.9 Å². The molecular formula is C15H13N3O2S. The number of para-hydroxylation sites is 1. The molecule has 2 heterocycles. The van der Waals surface area contributed by atoms with E-state index < -0.39 is 5.97 Å². The van der Waals surface area contributed by atoms with E-state index in [9.17, 15) is 9.90 Å². The van der Waals surface area contributed by atoms with Gasteiger partial charge in [0.2, 0.25) is 0 Å². The maximum absolute atomic E-state index is 11.4. The number of hydrogen-bond acceptors (Lipinski definition) is 5. The number of benzene rings is 1. The third kappa shape index (κ3) is 3.00. The third-order valence-electron chi connectivity index (χ3n) is 3.11. The molecule has 0 saturated heterocycles. The van der Waals surface area contributed by atoms with E-state index in [4.69, 9.17) is 0 Å². The Morgan fingerprint density at radius 2 is 2.19 bits per heavy atom. The van der Waals surface area contributed by atoms with Crippen molar-refractivity contribution in [3.8, 4) is 0 Å². The zero-order valence-electron chi connectivity index (χ0n) is 11.1. The fourth-order valence-corrected chi connectivity index (χ4v) is 2.68. The highest BCUT2D eigenvalue weighted by Crippen LogP contribution is 2.20. The summed E-state index contributed by atoms with van der Waals surface area (Å²) in [5, 5.41) is 15.2. The topological polar surface area (TPSA) is 75.1 Å². The molecular weight excluding hydrogens is 286 g/mol. The molecule has 2 N–H and O–H groups in total. The Kier molecular flexibility index (Phi) is 3.79. The lowest BCUT2D eigenvalue weighted by Gasteiger charge is -2.09. The van der Waals surface area contributed by atoms with Gasteiger partial charge in [-0.2, -0.15) is 0 Å². The van der Waals surface area contributed by atoms with Crippen LogP contribution in [0, 0.1) is 0 Å². The highest BCUT2D eigenvalue weighted by atomic mass is 32.1. The molecule has 0 fully saturated rings. The standard InChI is InChI=1S/C15H13N3O2S/c19-15(20)12-7-10-3-1-2-4-13(10)18-14(12)16-6-5-11-8-21-9-17-11/h1-4,7-9H,5-6H2,(H,16,18)(H,19,20). The predicted octanol–water partition coefficient (Wildman–Crippen LogP) is 3.04. The first kappa shape index (κ1) is 13.5. The molecule has 106 valence electrons. The van der Waals surface area contributed by atoms with Crippen molar-refractivity contribution in [1.29, 1.82) is 0 Å². The first-order valence-corrected chi connectivity index (χ1v) is 7.42. The first-order valence-electron chi connectivity index (χ1n) is 6.48. The summed E-state index contributed by atoms with van der Waals surface area (Å²) in [5.41, 5.74) is 3.74. The minimum atomic E-state index is -0.982. The van der Waals surface area contributed by atoms with Crippen LogP contribution in [0.3, 0.4) is 0 Å². The maximum Gasteiger partial charge on any atom is 0.339 e. The SMILES string of the molecule is O=C(O)c1cc2ccccc2nc1NCCc1cscn1. The lowest BCUT2D eigenvalue weighted by molar-refractivity contribution is 0.0698. The van der Waals surface area contributed by atoms with Crippen LogP contribution in [0.15, 0.2) is 41.2 Å². The summed E-state index contributed by atoms with van der Waals surface area (Å²) in [6, 6.07) is 9.12. The van der Waals surface area contributed by atoms with Crippen LogP contribution in [0.2, 0.25) is 0 Å². The van der Waals surface area contributed by atoms with Crippen molar-refractivity contribution >= 4 is 34.0 Å². The second-order valence-electron chi connectivity index (χ2n) is 4.54. The molecule has 0 aliphatic rings. The van der Waals surface area contributed by atoms with Gasteiger partial charge in [0.05, 0.1) is 16.7 Å². The van der Waals surface area contributed by atoms with Gasteiger partial charge in [0.1, 0.15) is 11.4 Å². The highest BCUT2D eigenvalue weighted by molar-refractivity contribution is 7.07. The van der Waals surface area contributed by atoms with E-state index in [1.54, 1.807) is 22.9 Å². The molecule has 6 heteroatoms. The van der Waals surface area contributed by atoms with Crippen LogP contribution >= 0.6 is 11.3 Å². The molecule has 0 bridgehead atoms. The normalized spacial score (nSPS) is 10.7. The number of carboxylic acids is 1. The van der Waals surface area contributed by atoms with Crippen molar-refractivity contribution < 1.29 is 9.90 Å². The van der Waals surface area contributed by atoms with E-state index in [1.807, 2.05) is 29.6 Å². The summed E-state index contributed by atoms with van der Waals surface area (Å²) in [4.78, 5) is 20.0. The van der Waals surface area contributed by atoms with Gasteiger partial charge in [-0.05, 0) is 12.1 Å². The largest absolute Gasteiger partial charge is 0.478 e. The maximum atomic E-state index is 11.4. The van der Waals surface area contributed by atoms with E-state index in [1.165, 1.54) is 0 Å². The number of thiazole rings is 1. The average molecular weight is 299 g/mol. The van der Waals surface area contributed by atoms with Crippen molar-refractivity contribution in [3.05, 3.63) is 52.5 Å². The van der Waals surface area contributed by atoms with Gasteiger partial charge in [-0.1, -0.05) is 18.2 Å². The van der Waals surface area contributed by atoms with E-state index in [-0.39, 0.29) is 5.56 Å². The van der Waals surface area contributed by atoms with Crippen molar-refractivity contribution in [1.82, 2.24) is 9.97 Å². The smallest absolute Gasteiger partial charge is 0.339 e. The van der Waals surface area contributed by atoms with Crippen molar-refractivity contribution in [2.75, 3.05) is 11.9 Å². The predicted molar refractivity (Wildman–Crippen MR) is 83.0 cm³/mol. The Balaban J connectivity index is 1.85. The Bertz CT molecular complexity index is 772. The number of aromatic nitrogens is 2. The fraction of sp³-hybridized carbons (Fsp3) is 0.133. The van der Waals surface area contributed by atoms with Crippen molar-refractivity contribution in [2.45, 2.75) is 6.42 Å². The number of aromatic carboxylic acids is 1. The summed E-state index contributed by atoms with van der Waals surface area (Å²) >= 11 is 1.55. The zero-order chi connectivity index (χ0) is 14.7. The molecule has 1 aromatic carbocycles. The van der Waals surface area contributed by atoms with E-state index in [2.05, 4.69) is 15.3 Å². The van der Waals surface area contributed by atoms with Crippen LogP contribution in [0.1, 0.15) is 16.1 Å². The van der Waals surface area contributed by atoms with Crippen LogP contribution in [0.5, 0.6) is 0 Å². The molecule has 0 saturated carbocycles. The molecule has 3 rings (SSSR count). The monoisotopic (exact) mass is 299 g/mol. The second-order valence-corrected chi connectivity index (χ2v) is 5.26. The molecule has 21 heavy (non-hydrogen) atoms. The number of fused-ring (bicyclic) bond motifs is 1. The molecule has 0 unspecified atom stereocenters. The molecule has 0 aliphatic heterocycles. The van der Waals surface area contributed by atoms with Crippen LogP contribution in [0.4, 0.5) is 5.82 Å². The lowest BCUT2D eigenvalue weighted by atomic mass is 10.1. The Morgan fingerprint density at radius 1 is 1.33 bits per heavy atom. The Morgan fingerprint density at radius 3 is 2.95 bits per heavy atom. The number of pyridine rings is 1. The van der Waals surface area contributed by atoms with Gasteiger partial charge < -0.3 is 10.4 Å². The highest BCUT2D eigenvalue weighted by Gasteiger charge is 2.13. The fourth-order valence-electron chi connectivity index (χ4n) is 2.08. The van der Waals surface area contributed by atoms with Gasteiger partial charge in [-0.25, -0.2) is 14.8 Å². The van der Waals surface area contributed by atoms with Crippen LogP contribution < -0.4 is 5.32 Å². The van der Waals surface area contributed by atoms with Crippen molar-refractivity contribution in [2.24, 2.45) is 0 Å². The number of hydrogen-bond donors (Lipinski definition) is 2. The second kappa shape index (κ2) is 5.88. The number of carbonyl (C=O) groups is 1. The molecule has 5 nitrogen and oxygen atoms in total. The van der Waals surface area contributed by atoms with Gasteiger partial charge in [0.15, 0.2) is 0 Å². The summed E-state index contributed by atoms with van der Waals surface area (Å²) in [5.74, 6) is -0.583. The molecule has 0 aliphatic carbocycles. The molecule has 0 atom stereocenters. The summed E-state index contributed by atoms with van der Waals surface area (Å²) < 4.78 is 0. The quantitative estimate of drug-likeness (QED) is 0.757. The van der Waals surface area contributed by atoms with Gasteiger partial charge in [0.25, 0.3) is 0 Å². The summed E-state index contributed by atoms with van der Waals surface area (Å²) in [6.45, 7) is 0.593. The Labute approximate surface area is 125 Å². The van der Waals surface area contributed by atoms with Crippen LogP contribution in [-0.4, -0.2) is 27.6 Å². The molecule has 2 aromatic heterocycles. The number of carboxylic acid groups (broad SMARTS) is 1. The third-order valence-corrected chi connectivity index (χ3v) is 3.75. The molecule has 0 radical (unpaired) electrons. The average Bonchev–Trinajstić information content (AvgIpc) is 2.99. The van der Waals surface area contributed by atoms with Gasteiger partial charge in [0, 0.05) is 23.7 Å². The van der Waals surface area contributed by atoms with Crippen molar-refractivity contribution in [3.63, 3.8) is 0 Å². The first-order chi connectivity index (χ1) is 10.2. The number of rotatable bonds is 5. The minimum Gasteiger partial charge on any atom is -0.478 e. The minimum absolute atomic E-state index is 0.187. The van der Waals surface area contributed by atoms with Gasteiger partial charge >= 0.3 is 5.97 Å².